The fourth-order valence-electron chi connectivity index (χ4n) is 1.78. The van der Waals surface area contributed by atoms with Crippen molar-refractivity contribution in [3.05, 3.63) is 35.4 Å². The molecule has 0 heterocycles. The first-order valence-electron chi connectivity index (χ1n) is 5.63. The third-order valence-corrected chi connectivity index (χ3v) is 2.77. The minimum absolute atomic E-state index is 0.0723. The average molecular weight is 222 g/mol. The number of methoxy groups -OCH3 is 1. The number of rotatable bonds is 6. The highest BCUT2D eigenvalue weighted by Gasteiger charge is 2.10. The molecule has 0 fully saturated rings. The van der Waals surface area contributed by atoms with Crippen LogP contribution >= 0.6 is 0 Å². The van der Waals surface area contributed by atoms with Gasteiger partial charge in [0.15, 0.2) is 0 Å². The SMILES string of the molecule is COCCN(C)CC(N)c1ccccc1C. The number of benzene rings is 1. The molecule has 0 radical (unpaired) electrons. The Labute approximate surface area is 98.2 Å². The number of nitrogens with zero attached hydrogens (tertiary/aromatic N) is 1. The van der Waals surface area contributed by atoms with Gasteiger partial charge in [-0.15, -0.1) is 0 Å². The summed E-state index contributed by atoms with van der Waals surface area (Å²) in [6.45, 7) is 4.62. The van der Waals surface area contributed by atoms with Crippen molar-refractivity contribution in [3.63, 3.8) is 0 Å². The molecule has 1 aromatic carbocycles. The van der Waals surface area contributed by atoms with Crippen LogP contribution in [-0.2, 0) is 4.74 Å². The Kier molecular flexibility index (Phi) is 5.46. The van der Waals surface area contributed by atoms with Gasteiger partial charge in [-0.05, 0) is 25.1 Å². The molecule has 2 N–H and O–H groups in total. The number of hydrogen-bond donors (Lipinski definition) is 1. The van der Waals surface area contributed by atoms with E-state index < -0.39 is 0 Å². The Morgan fingerprint density at radius 3 is 2.69 bits per heavy atom. The van der Waals surface area contributed by atoms with Crippen LogP contribution in [0.25, 0.3) is 0 Å². The summed E-state index contributed by atoms with van der Waals surface area (Å²) in [5.41, 5.74) is 8.67. The highest BCUT2D eigenvalue weighted by atomic mass is 16.5. The van der Waals surface area contributed by atoms with E-state index in [-0.39, 0.29) is 6.04 Å². The van der Waals surface area contributed by atoms with Crippen molar-refractivity contribution < 1.29 is 4.74 Å². The van der Waals surface area contributed by atoms with Crippen LogP contribution in [-0.4, -0.2) is 38.8 Å². The largest absolute Gasteiger partial charge is 0.383 e. The monoisotopic (exact) mass is 222 g/mol. The molecule has 0 aliphatic heterocycles. The lowest BCUT2D eigenvalue weighted by Gasteiger charge is -2.22. The second-order valence-electron chi connectivity index (χ2n) is 4.22. The molecule has 3 heteroatoms. The zero-order chi connectivity index (χ0) is 12.0. The van der Waals surface area contributed by atoms with E-state index >= 15 is 0 Å². The minimum Gasteiger partial charge on any atom is -0.383 e. The fraction of sp³-hybridized carbons (Fsp3) is 0.538. The first-order valence-corrected chi connectivity index (χ1v) is 5.63. The van der Waals surface area contributed by atoms with Gasteiger partial charge in [-0.2, -0.15) is 0 Å². The summed E-state index contributed by atoms with van der Waals surface area (Å²) >= 11 is 0. The van der Waals surface area contributed by atoms with Crippen LogP contribution in [0.2, 0.25) is 0 Å². The van der Waals surface area contributed by atoms with E-state index in [0.717, 1.165) is 19.7 Å². The van der Waals surface area contributed by atoms with E-state index in [0.29, 0.717) is 0 Å². The van der Waals surface area contributed by atoms with Crippen LogP contribution in [0.1, 0.15) is 17.2 Å². The lowest BCUT2D eigenvalue weighted by molar-refractivity contribution is 0.158. The minimum atomic E-state index is 0.0723. The maximum absolute atomic E-state index is 6.19. The lowest BCUT2D eigenvalue weighted by Crippen LogP contribution is -2.31. The Bertz CT molecular complexity index is 315. The Morgan fingerprint density at radius 1 is 1.38 bits per heavy atom. The van der Waals surface area contributed by atoms with Crippen LogP contribution in [0.15, 0.2) is 24.3 Å². The maximum atomic E-state index is 6.19. The molecule has 1 unspecified atom stereocenters. The zero-order valence-corrected chi connectivity index (χ0v) is 10.4. The van der Waals surface area contributed by atoms with E-state index in [4.69, 9.17) is 10.5 Å². The van der Waals surface area contributed by atoms with Crippen molar-refractivity contribution in [3.8, 4) is 0 Å². The molecule has 0 aliphatic rings. The predicted molar refractivity (Wildman–Crippen MR) is 67.5 cm³/mol. The quantitative estimate of drug-likeness (QED) is 0.794. The van der Waals surface area contributed by atoms with Gasteiger partial charge < -0.3 is 15.4 Å². The van der Waals surface area contributed by atoms with Crippen LogP contribution in [0.4, 0.5) is 0 Å². The fourth-order valence-corrected chi connectivity index (χ4v) is 1.78. The molecule has 0 bridgehead atoms. The van der Waals surface area contributed by atoms with E-state index in [1.165, 1.54) is 11.1 Å². The van der Waals surface area contributed by atoms with E-state index in [9.17, 15) is 0 Å². The molecule has 1 aromatic rings. The van der Waals surface area contributed by atoms with Crippen molar-refractivity contribution >= 4 is 0 Å². The molecule has 16 heavy (non-hydrogen) atoms. The van der Waals surface area contributed by atoms with Gasteiger partial charge in [0.05, 0.1) is 6.61 Å². The first-order chi connectivity index (χ1) is 7.65. The van der Waals surface area contributed by atoms with Crippen molar-refractivity contribution in [2.45, 2.75) is 13.0 Å². The maximum Gasteiger partial charge on any atom is 0.0589 e. The summed E-state index contributed by atoms with van der Waals surface area (Å²) in [5.74, 6) is 0. The Morgan fingerprint density at radius 2 is 2.06 bits per heavy atom. The second kappa shape index (κ2) is 6.63. The molecule has 0 saturated carbocycles. The third kappa shape index (κ3) is 3.93. The van der Waals surface area contributed by atoms with Gasteiger partial charge >= 0.3 is 0 Å². The molecule has 0 aliphatic carbocycles. The lowest BCUT2D eigenvalue weighted by atomic mass is 10.0. The van der Waals surface area contributed by atoms with Crippen molar-refractivity contribution in [1.82, 2.24) is 4.90 Å². The molecule has 1 rings (SSSR count). The Balaban J connectivity index is 2.52. The topological polar surface area (TPSA) is 38.5 Å². The summed E-state index contributed by atoms with van der Waals surface area (Å²) in [6.07, 6.45) is 0. The normalized spacial score (nSPS) is 13.1. The van der Waals surface area contributed by atoms with Crippen molar-refractivity contribution in [2.75, 3.05) is 33.9 Å². The summed E-state index contributed by atoms with van der Waals surface area (Å²) in [7, 11) is 3.78. The van der Waals surface area contributed by atoms with E-state index in [1.54, 1.807) is 7.11 Å². The Hall–Kier alpha value is -0.900. The first kappa shape index (κ1) is 13.2. The molecular formula is C13H22N2O. The molecule has 3 nitrogen and oxygen atoms in total. The van der Waals surface area contributed by atoms with Gasteiger partial charge in [-0.25, -0.2) is 0 Å². The van der Waals surface area contributed by atoms with E-state index in [2.05, 4.69) is 31.0 Å². The standard InChI is InChI=1S/C13H22N2O/c1-11-6-4-5-7-12(11)13(14)10-15(2)8-9-16-3/h4-7,13H,8-10,14H2,1-3H3. The van der Waals surface area contributed by atoms with E-state index in [1.807, 2.05) is 12.1 Å². The van der Waals surface area contributed by atoms with Gasteiger partial charge in [0.25, 0.3) is 0 Å². The molecule has 0 amide bonds. The molecule has 0 spiro atoms. The average Bonchev–Trinajstić information content (AvgIpc) is 2.26. The van der Waals surface area contributed by atoms with Crippen LogP contribution in [0.3, 0.4) is 0 Å². The molecule has 0 aromatic heterocycles. The molecule has 90 valence electrons. The van der Waals surface area contributed by atoms with Gasteiger partial charge in [0, 0.05) is 26.2 Å². The van der Waals surface area contributed by atoms with Crippen molar-refractivity contribution in [2.24, 2.45) is 5.73 Å². The van der Waals surface area contributed by atoms with Gasteiger partial charge in [0.1, 0.15) is 0 Å². The summed E-state index contributed by atoms with van der Waals surface area (Å²) < 4.78 is 5.04. The van der Waals surface area contributed by atoms with Crippen LogP contribution < -0.4 is 5.73 Å². The predicted octanol–water partition coefficient (Wildman–Crippen LogP) is 1.57. The molecule has 0 saturated heterocycles. The molecule has 1 atom stereocenters. The highest BCUT2D eigenvalue weighted by molar-refractivity contribution is 5.28. The highest BCUT2D eigenvalue weighted by Crippen LogP contribution is 2.15. The third-order valence-electron chi connectivity index (χ3n) is 2.77. The summed E-state index contributed by atoms with van der Waals surface area (Å²) in [4.78, 5) is 2.20. The van der Waals surface area contributed by atoms with Gasteiger partial charge in [0.2, 0.25) is 0 Å². The van der Waals surface area contributed by atoms with Crippen LogP contribution in [0, 0.1) is 6.92 Å². The van der Waals surface area contributed by atoms with Crippen LogP contribution in [0.5, 0.6) is 0 Å². The summed E-state index contributed by atoms with van der Waals surface area (Å²) in [5, 5.41) is 0. The van der Waals surface area contributed by atoms with Gasteiger partial charge in [-0.3, -0.25) is 0 Å². The van der Waals surface area contributed by atoms with Crippen molar-refractivity contribution in [1.29, 1.82) is 0 Å². The number of ether oxygens (including phenoxy) is 1. The smallest absolute Gasteiger partial charge is 0.0589 e. The summed E-state index contributed by atoms with van der Waals surface area (Å²) in [6, 6.07) is 8.36. The molecular weight excluding hydrogens is 200 g/mol. The number of aryl methyl sites for hydroxylation is 1. The second-order valence-corrected chi connectivity index (χ2v) is 4.22. The van der Waals surface area contributed by atoms with Gasteiger partial charge in [-0.1, -0.05) is 24.3 Å². The number of hydrogen-bond acceptors (Lipinski definition) is 3. The number of likely N-dealkylation sites (N-methyl/N-ethyl adjacent to an activating group) is 1. The number of nitrogens with two attached hydrogens (primary N) is 1. The zero-order valence-electron chi connectivity index (χ0n) is 10.4.